The maximum atomic E-state index is 5.57. The number of benzene rings is 1. The van der Waals surface area contributed by atoms with Crippen molar-refractivity contribution in [3.8, 4) is 5.75 Å². The molecule has 1 aromatic heterocycles. The molecule has 0 atom stereocenters. The highest BCUT2D eigenvalue weighted by molar-refractivity contribution is 5.86. The lowest BCUT2D eigenvalue weighted by molar-refractivity contribution is 0.344. The Kier molecular flexibility index (Phi) is 2.41. The van der Waals surface area contributed by atoms with Crippen LogP contribution >= 0.6 is 0 Å². The number of aromatic amines is 1. The Hall–Kier alpha value is -1.48. The second kappa shape index (κ2) is 3.72. The molecule has 0 spiro atoms. The molecule has 0 aliphatic heterocycles. The van der Waals surface area contributed by atoms with Gasteiger partial charge in [0.2, 0.25) is 0 Å². The Morgan fingerprint density at radius 3 is 3.00 bits per heavy atom. The quantitative estimate of drug-likeness (QED) is 0.778. The van der Waals surface area contributed by atoms with Crippen LogP contribution in [0.3, 0.4) is 0 Å². The van der Waals surface area contributed by atoms with Gasteiger partial charge in [-0.15, -0.1) is 0 Å². The molecule has 0 saturated heterocycles. The smallest absolute Gasteiger partial charge is 0.128 e. The van der Waals surface area contributed by atoms with Gasteiger partial charge in [-0.1, -0.05) is 6.07 Å². The van der Waals surface area contributed by atoms with E-state index < -0.39 is 0 Å². The van der Waals surface area contributed by atoms with E-state index in [2.05, 4.69) is 4.98 Å². The van der Waals surface area contributed by atoms with Gasteiger partial charge in [-0.05, 0) is 25.1 Å². The van der Waals surface area contributed by atoms with Gasteiger partial charge in [-0.3, -0.25) is 0 Å². The van der Waals surface area contributed by atoms with Gasteiger partial charge >= 0.3 is 0 Å². The minimum atomic E-state index is 0.528. The van der Waals surface area contributed by atoms with Crippen LogP contribution in [0.5, 0.6) is 5.75 Å². The fourth-order valence-electron chi connectivity index (χ4n) is 1.58. The van der Waals surface area contributed by atoms with E-state index in [1.807, 2.05) is 31.2 Å². The van der Waals surface area contributed by atoms with Crippen LogP contribution in [0.4, 0.5) is 0 Å². The van der Waals surface area contributed by atoms with Crippen LogP contribution in [-0.2, 0) is 6.54 Å². The van der Waals surface area contributed by atoms with Gasteiger partial charge in [-0.2, -0.15) is 0 Å². The van der Waals surface area contributed by atoms with Gasteiger partial charge in [0.05, 0.1) is 6.61 Å². The highest BCUT2D eigenvalue weighted by Gasteiger charge is 2.04. The summed E-state index contributed by atoms with van der Waals surface area (Å²) in [5.41, 5.74) is 7.68. The van der Waals surface area contributed by atoms with Crippen LogP contribution in [0.1, 0.15) is 12.6 Å². The lowest BCUT2D eigenvalue weighted by Gasteiger charge is -2.02. The molecule has 0 fully saturated rings. The number of nitrogens with one attached hydrogen (secondary N) is 1. The molecule has 74 valence electrons. The molecule has 3 heteroatoms. The molecule has 0 unspecified atom stereocenters. The SMILES string of the molecule is CCOc1cccc2[nH]c(CN)cc12. The largest absolute Gasteiger partial charge is 0.493 e. The van der Waals surface area contributed by atoms with Crippen molar-refractivity contribution < 1.29 is 4.74 Å². The van der Waals surface area contributed by atoms with Crippen molar-refractivity contribution in [2.45, 2.75) is 13.5 Å². The van der Waals surface area contributed by atoms with Gasteiger partial charge in [-0.25, -0.2) is 0 Å². The summed E-state index contributed by atoms with van der Waals surface area (Å²) >= 11 is 0. The highest BCUT2D eigenvalue weighted by Crippen LogP contribution is 2.26. The monoisotopic (exact) mass is 190 g/mol. The zero-order valence-corrected chi connectivity index (χ0v) is 8.21. The summed E-state index contributed by atoms with van der Waals surface area (Å²) < 4.78 is 5.52. The van der Waals surface area contributed by atoms with Crippen LogP contribution in [0.2, 0.25) is 0 Å². The molecule has 0 saturated carbocycles. The average Bonchev–Trinajstić information content (AvgIpc) is 2.62. The Morgan fingerprint density at radius 2 is 2.29 bits per heavy atom. The molecule has 1 aromatic carbocycles. The first-order valence-electron chi connectivity index (χ1n) is 4.78. The lowest BCUT2D eigenvalue weighted by atomic mass is 10.2. The topological polar surface area (TPSA) is 51.0 Å². The zero-order valence-electron chi connectivity index (χ0n) is 8.21. The molecule has 3 N–H and O–H groups in total. The molecule has 0 radical (unpaired) electrons. The van der Waals surface area contributed by atoms with Crippen molar-refractivity contribution in [3.05, 3.63) is 30.0 Å². The predicted octanol–water partition coefficient (Wildman–Crippen LogP) is 2.03. The van der Waals surface area contributed by atoms with Gasteiger partial charge in [0.25, 0.3) is 0 Å². The third-order valence-corrected chi connectivity index (χ3v) is 2.20. The Balaban J connectivity index is 2.55. The van der Waals surface area contributed by atoms with Crippen LogP contribution in [0.25, 0.3) is 10.9 Å². The summed E-state index contributed by atoms with van der Waals surface area (Å²) in [6.07, 6.45) is 0. The number of aromatic nitrogens is 1. The fourth-order valence-corrected chi connectivity index (χ4v) is 1.58. The molecule has 2 rings (SSSR count). The molecule has 0 aliphatic rings. The summed E-state index contributed by atoms with van der Waals surface area (Å²) in [6, 6.07) is 8.02. The van der Waals surface area contributed by atoms with E-state index in [-0.39, 0.29) is 0 Å². The number of fused-ring (bicyclic) bond motifs is 1. The Bertz CT molecular complexity index is 434. The van der Waals surface area contributed by atoms with E-state index in [1.54, 1.807) is 0 Å². The summed E-state index contributed by atoms with van der Waals surface area (Å²) in [5, 5.41) is 1.11. The second-order valence-corrected chi connectivity index (χ2v) is 3.15. The van der Waals surface area contributed by atoms with Crippen molar-refractivity contribution in [3.63, 3.8) is 0 Å². The predicted molar refractivity (Wildman–Crippen MR) is 57.4 cm³/mol. The normalized spacial score (nSPS) is 10.7. The van der Waals surface area contributed by atoms with E-state index in [0.717, 1.165) is 22.3 Å². The molecular weight excluding hydrogens is 176 g/mol. The standard InChI is InChI=1S/C11H14N2O/c1-2-14-11-5-3-4-10-9(11)6-8(7-12)13-10/h3-6,13H,2,7,12H2,1H3. The summed E-state index contributed by atoms with van der Waals surface area (Å²) in [4.78, 5) is 3.24. The van der Waals surface area contributed by atoms with E-state index in [4.69, 9.17) is 10.5 Å². The number of nitrogens with two attached hydrogens (primary N) is 1. The van der Waals surface area contributed by atoms with E-state index >= 15 is 0 Å². The first-order chi connectivity index (χ1) is 6.85. The maximum Gasteiger partial charge on any atom is 0.128 e. The third kappa shape index (κ3) is 1.46. The second-order valence-electron chi connectivity index (χ2n) is 3.15. The van der Waals surface area contributed by atoms with Crippen molar-refractivity contribution in [2.24, 2.45) is 5.73 Å². The first kappa shape index (κ1) is 9.09. The highest BCUT2D eigenvalue weighted by atomic mass is 16.5. The Morgan fingerprint density at radius 1 is 1.43 bits per heavy atom. The van der Waals surface area contributed by atoms with Gasteiger partial charge < -0.3 is 15.5 Å². The van der Waals surface area contributed by atoms with Crippen molar-refractivity contribution in [1.29, 1.82) is 0 Å². The van der Waals surface area contributed by atoms with Crippen LogP contribution < -0.4 is 10.5 Å². The number of rotatable bonds is 3. The van der Waals surface area contributed by atoms with Crippen LogP contribution in [-0.4, -0.2) is 11.6 Å². The number of H-pyrrole nitrogens is 1. The van der Waals surface area contributed by atoms with E-state index in [1.165, 1.54) is 0 Å². The third-order valence-electron chi connectivity index (χ3n) is 2.20. The van der Waals surface area contributed by atoms with Crippen LogP contribution in [0.15, 0.2) is 24.3 Å². The molecule has 3 nitrogen and oxygen atoms in total. The van der Waals surface area contributed by atoms with E-state index in [9.17, 15) is 0 Å². The zero-order chi connectivity index (χ0) is 9.97. The molecule has 14 heavy (non-hydrogen) atoms. The lowest BCUT2D eigenvalue weighted by Crippen LogP contribution is -1.94. The van der Waals surface area contributed by atoms with Crippen molar-refractivity contribution >= 4 is 10.9 Å². The number of hydrogen-bond donors (Lipinski definition) is 2. The summed E-state index contributed by atoms with van der Waals surface area (Å²) in [7, 11) is 0. The molecule has 1 heterocycles. The minimum Gasteiger partial charge on any atom is -0.493 e. The van der Waals surface area contributed by atoms with Crippen LogP contribution in [0, 0.1) is 0 Å². The van der Waals surface area contributed by atoms with Gasteiger partial charge in [0.1, 0.15) is 5.75 Å². The van der Waals surface area contributed by atoms with E-state index in [0.29, 0.717) is 13.2 Å². The number of ether oxygens (including phenoxy) is 1. The molecule has 0 bridgehead atoms. The fraction of sp³-hybridized carbons (Fsp3) is 0.273. The maximum absolute atomic E-state index is 5.57. The summed E-state index contributed by atoms with van der Waals surface area (Å²) in [5.74, 6) is 0.918. The molecule has 2 aromatic rings. The van der Waals surface area contributed by atoms with Crippen molar-refractivity contribution in [2.75, 3.05) is 6.61 Å². The van der Waals surface area contributed by atoms with Gasteiger partial charge in [0.15, 0.2) is 0 Å². The summed E-state index contributed by atoms with van der Waals surface area (Å²) in [6.45, 7) is 3.19. The Labute approximate surface area is 82.9 Å². The number of hydrogen-bond acceptors (Lipinski definition) is 2. The first-order valence-corrected chi connectivity index (χ1v) is 4.78. The van der Waals surface area contributed by atoms with Crippen molar-refractivity contribution in [1.82, 2.24) is 4.98 Å². The molecule has 0 amide bonds. The molecular formula is C11H14N2O. The average molecular weight is 190 g/mol. The molecule has 0 aliphatic carbocycles. The van der Waals surface area contributed by atoms with Gasteiger partial charge in [0, 0.05) is 23.1 Å². The minimum absolute atomic E-state index is 0.528.